The van der Waals surface area contributed by atoms with Gasteiger partial charge in [0.1, 0.15) is 17.2 Å². The van der Waals surface area contributed by atoms with Gasteiger partial charge in [-0.05, 0) is 86.1 Å². The summed E-state index contributed by atoms with van der Waals surface area (Å²) in [7, 11) is 0. The van der Waals surface area contributed by atoms with Crippen molar-refractivity contribution in [1.29, 1.82) is 0 Å². The number of hydrogen-bond acceptors (Lipinski definition) is 4. The minimum absolute atomic E-state index is 0.127. The van der Waals surface area contributed by atoms with Crippen molar-refractivity contribution in [2.45, 2.75) is 39.7 Å². The maximum absolute atomic E-state index is 13.3. The zero-order valence-electron chi connectivity index (χ0n) is 22.1. The second-order valence-corrected chi connectivity index (χ2v) is 11.0. The molecular weight excluding hydrogens is 460 g/mol. The number of amides is 1. The van der Waals surface area contributed by atoms with E-state index in [-0.39, 0.29) is 11.3 Å². The Balaban J connectivity index is 1.13. The van der Waals surface area contributed by atoms with Crippen molar-refractivity contribution in [2.24, 2.45) is 11.3 Å². The highest BCUT2D eigenvalue weighted by atomic mass is 16.5. The first-order valence-electron chi connectivity index (χ1n) is 13.6. The second-order valence-electron chi connectivity index (χ2n) is 11.0. The third-order valence-corrected chi connectivity index (χ3v) is 7.66. The van der Waals surface area contributed by atoms with Crippen LogP contribution >= 0.6 is 0 Å². The number of likely N-dealkylation sites (tertiary alicyclic amines) is 2. The van der Waals surface area contributed by atoms with E-state index in [9.17, 15) is 4.79 Å². The van der Waals surface area contributed by atoms with Crippen molar-refractivity contribution in [2.75, 3.05) is 32.8 Å². The van der Waals surface area contributed by atoms with Crippen LogP contribution in [-0.2, 0) is 6.54 Å². The number of para-hydroxylation sites is 2. The van der Waals surface area contributed by atoms with E-state index >= 15 is 0 Å². The lowest BCUT2D eigenvalue weighted by atomic mass is 9.77. The van der Waals surface area contributed by atoms with Gasteiger partial charge in [0, 0.05) is 30.8 Å². The molecule has 0 atom stereocenters. The lowest BCUT2D eigenvalue weighted by Gasteiger charge is -2.39. The van der Waals surface area contributed by atoms with Crippen molar-refractivity contribution in [3.05, 3.63) is 90.0 Å². The van der Waals surface area contributed by atoms with E-state index < -0.39 is 0 Å². The summed E-state index contributed by atoms with van der Waals surface area (Å²) in [5.41, 5.74) is 2.24. The summed E-state index contributed by atoms with van der Waals surface area (Å²) < 4.78 is 11.9. The molecule has 0 aromatic heterocycles. The van der Waals surface area contributed by atoms with E-state index in [0.717, 1.165) is 81.4 Å². The lowest BCUT2D eigenvalue weighted by Crippen LogP contribution is -2.42. The predicted molar refractivity (Wildman–Crippen MR) is 147 cm³/mol. The topological polar surface area (TPSA) is 42.0 Å². The highest BCUT2D eigenvalue weighted by Gasteiger charge is 2.42. The average Bonchev–Trinajstić information content (AvgIpc) is 3.34. The molecule has 5 heteroatoms. The first-order chi connectivity index (χ1) is 18.0. The molecule has 37 heavy (non-hydrogen) atoms. The average molecular weight is 499 g/mol. The molecule has 2 saturated heterocycles. The van der Waals surface area contributed by atoms with Gasteiger partial charge in [0.15, 0.2) is 0 Å². The number of piperidine rings is 1. The standard InChI is InChI=1S/C32H38N2O3/c1-25(2)23-36-30-11-7-6-8-27(30)22-33-19-16-32(17-20-33)18-21-34(24-32)31(35)26-12-14-29(15-13-26)37-28-9-4-3-5-10-28/h3-15,25H,16-24H2,1-2H3. The molecule has 0 radical (unpaired) electrons. The number of carbonyl (C=O) groups is 1. The molecule has 194 valence electrons. The molecule has 2 aliphatic heterocycles. The van der Waals surface area contributed by atoms with Gasteiger partial charge in [-0.25, -0.2) is 0 Å². The second kappa shape index (κ2) is 11.4. The Bertz CT molecular complexity index is 1170. The van der Waals surface area contributed by atoms with Gasteiger partial charge < -0.3 is 14.4 Å². The van der Waals surface area contributed by atoms with Crippen molar-refractivity contribution < 1.29 is 14.3 Å². The third kappa shape index (κ3) is 6.34. The molecule has 0 bridgehead atoms. The Labute approximate surface area is 221 Å². The van der Waals surface area contributed by atoms with Gasteiger partial charge >= 0.3 is 0 Å². The first kappa shape index (κ1) is 25.3. The highest BCUT2D eigenvalue weighted by Crippen LogP contribution is 2.41. The smallest absolute Gasteiger partial charge is 0.253 e. The molecule has 5 rings (SSSR count). The maximum Gasteiger partial charge on any atom is 0.253 e. The van der Waals surface area contributed by atoms with Gasteiger partial charge in [0.05, 0.1) is 6.61 Å². The molecule has 2 aliphatic rings. The molecule has 0 aliphatic carbocycles. The summed E-state index contributed by atoms with van der Waals surface area (Å²) in [4.78, 5) is 17.8. The van der Waals surface area contributed by atoms with Crippen LogP contribution in [0.3, 0.4) is 0 Å². The largest absolute Gasteiger partial charge is 0.493 e. The normalized spacial score (nSPS) is 17.3. The van der Waals surface area contributed by atoms with E-state index in [4.69, 9.17) is 9.47 Å². The fourth-order valence-electron chi connectivity index (χ4n) is 5.45. The molecule has 2 fully saturated rings. The van der Waals surface area contributed by atoms with Gasteiger partial charge in [-0.3, -0.25) is 9.69 Å². The van der Waals surface area contributed by atoms with E-state index in [0.29, 0.717) is 5.92 Å². The van der Waals surface area contributed by atoms with Crippen LogP contribution in [0.1, 0.15) is 49.0 Å². The molecule has 0 unspecified atom stereocenters. The van der Waals surface area contributed by atoms with E-state index in [1.807, 2.05) is 54.6 Å². The van der Waals surface area contributed by atoms with E-state index in [2.05, 4.69) is 47.9 Å². The fraction of sp³-hybridized carbons (Fsp3) is 0.406. The Hall–Kier alpha value is -3.31. The van der Waals surface area contributed by atoms with Crippen LogP contribution in [0.5, 0.6) is 17.2 Å². The molecule has 3 aromatic carbocycles. The quantitative estimate of drug-likeness (QED) is 0.349. The minimum Gasteiger partial charge on any atom is -0.493 e. The van der Waals surface area contributed by atoms with Gasteiger partial charge in [-0.2, -0.15) is 0 Å². The highest BCUT2D eigenvalue weighted by molar-refractivity contribution is 5.94. The van der Waals surface area contributed by atoms with Gasteiger partial charge in [-0.15, -0.1) is 0 Å². The Morgan fingerprint density at radius 3 is 2.22 bits per heavy atom. The monoisotopic (exact) mass is 498 g/mol. The molecule has 1 spiro atoms. The van der Waals surface area contributed by atoms with Crippen molar-refractivity contribution in [3.63, 3.8) is 0 Å². The van der Waals surface area contributed by atoms with Crippen LogP contribution in [0.15, 0.2) is 78.9 Å². The van der Waals surface area contributed by atoms with Crippen molar-refractivity contribution >= 4 is 5.91 Å². The Morgan fingerprint density at radius 1 is 0.838 bits per heavy atom. The van der Waals surface area contributed by atoms with E-state index in [1.165, 1.54) is 5.56 Å². The molecule has 5 nitrogen and oxygen atoms in total. The summed E-state index contributed by atoms with van der Waals surface area (Å²) in [6, 6.07) is 25.7. The van der Waals surface area contributed by atoms with Gasteiger partial charge in [0.2, 0.25) is 0 Å². The molecule has 0 N–H and O–H groups in total. The van der Waals surface area contributed by atoms with Crippen LogP contribution < -0.4 is 9.47 Å². The summed E-state index contributed by atoms with van der Waals surface area (Å²) in [6.45, 7) is 9.84. The lowest BCUT2D eigenvalue weighted by molar-refractivity contribution is 0.0712. The van der Waals surface area contributed by atoms with Crippen LogP contribution in [0.4, 0.5) is 0 Å². The van der Waals surface area contributed by atoms with Crippen LogP contribution in [0.25, 0.3) is 0 Å². The molecule has 1 amide bonds. The third-order valence-electron chi connectivity index (χ3n) is 7.66. The Morgan fingerprint density at radius 2 is 1.49 bits per heavy atom. The number of benzene rings is 3. The maximum atomic E-state index is 13.3. The van der Waals surface area contributed by atoms with Crippen LogP contribution in [0, 0.1) is 11.3 Å². The SMILES string of the molecule is CC(C)COc1ccccc1CN1CCC2(CC1)CCN(C(=O)c1ccc(Oc3ccccc3)cc1)C2. The summed E-state index contributed by atoms with van der Waals surface area (Å²) in [5.74, 6) is 3.18. The summed E-state index contributed by atoms with van der Waals surface area (Å²) in [5, 5.41) is 0. The Kier molecular flexibility index (Phi) is 7.80. The van der Waals surface area contributed by atoms with Crippen LogP contribution in [0.2, 0.25) is 0 Å². The summed E-state index contributed by atoms with van der Waals surface area (Å²) >= 11 is 0. The molecule has 0 saturated carbocycles. The van der Waals surface area contributed by atoms with Crippen molar-refractivity contribution in [1.82, 2.24) is 9.80 Å². The number of nitrogens with zero attached hydrogens (tertiary/aromatic N) is 2. The number of rotatable bonds is 8. The van der Waals surface area contributed by atoms with Gasteiger partial charge in [-0.1, -0.05) is 50.2 Å². The summed E-state index contributed by atoms with van der Waals surface area (Å²) in [6.07, 6.45) is 3.36. The molecular formula is C32H38N2O3. The predicted octanol–water partition coefficient (Wildman–Crippen LogP) is 6.64. The van der Waals surface area contributed by atoms with E-state index in [1.54, 1.807) is 0 Å². The van der Waals surface area contributed by atoms with Crippen LogP contribution in [-0.4, -0.2) is 48.5 Å². The minimum atomic E-state index is 0.127. The number of hydrogen-bond donors (Lipinski definition) is 0. The number of carbonyl (C=O) groups excluding carboxylic acids is 1. The molecule has 3 aromatic rings. The van der Waals surface area contributed by atoms with Gasteiger partial charge in [0.25, 0.3) is 5.91 Å². The zero-order valence-corrected chi connectivity index (χ0v) is 22.1. The van der Waals surface area contributed by atoms with Crippen molar-refractivity contribution in [3.8, 4) is 17.2 Å². The first-order valence-corrected chi connectivity index (χ1v) is 13.6. The molecule has 2 heterocycles. The zero-order chi connectivity index (χ0) is 25.7. The fourth-order valence-corrected chi connectivity index (χ4v) is 5.45. The number of ether oxygens (including phenoxy) is 2.